The molecule has 140 valence electrons. The van der Waals surface area contributed by atoms with Crippen molar-refractivity contribution < 1.29 is 22.4 Å². The lowest BCUT2D eigenvalue weighted by Gasteiger charge is -2.34. The molecule has 1 fully saturated rings. The molecule has 0 bridgehead atoms. The van der Waals surface area contributed by atoms with Gasteiger partial charge >= 0.3 is 0 Å². The molecule has 3 heterocycles. The van der Waals surface area contributed by atoms with Gasteiger partial charge in [0.1, 0.15) is 4.21 Å². The third-order valence-corrected chi connectivity index (χ3v) is 6.90. The molecular weight excluding hydrogens is 378 g/mol. The molecule has 2 aromatic rings. The van der Waals surface area contributed by atoms with E-state index < -0.39 is 10.0 Å². The van der Waals surface area contributed by atoms with Crippen LogP contribution in [0.5, 0.6) is 0 Å². The predicted molar refractivity (Wildman–Crippen MR) is 95.3 cm³/mol. The van der Waals surface area contributed by atoms with Crippen LogP contribution in [-0.2, 0) is 14.8 Å². The second-order valence-corrected chi connectivity index (χ2v) is 8.67. The number of furan rings is 1. The second kappa shape index (κ2) is 8.02. The Morgan fingerprint density at radius 1 is 1.12 bits per heavy atom. The Hall–Kier alpha value is -2.17. The molecule has 26 heavy (non-hydrogen) atoms. The van der Waals surface area contributed by atoms with E-state index in [4.69, 9.17) is 4.42 Å². The van der Waals surface area contributed by atoms with Gasteiger partial charge in [0, 0.05) is 39.1 Å². The summed E-state index contributed by atoms with van der Waals surface area (Å²) < 4.78 is 31.8. The van der Waals surface area contributed by atoms with Gasteiger partial charge in [-0.2, -0.15) is 0 Å². The topological polar surface area (TPSA) is 99.9 Å². The van der Waals surface area contributed by atoms with Crippen LogP contribution in [0.2, 0.25) is 0 Å². The number of nitrogens with one attached hydrogen (secondary N) is 1. The zero-order chi connectivity index (χ0) is 18.6. The summed E-state index contributed by atoms with van der Waals surface area (Å²) >= 11 is 1.13. The molecule has 0 unspecified atom stereocenters. The molecule has 1 saturated heterocycles. The minimum absolute atomic E-state index is 0.0462. The molecule has 0 radical (unpaired) electrons. The lowest BCUT2D eigenvalue weighted by Crippen LogP contribution is -2.51. The lowest BCUT2D eigenvalue weighted by atomic mass is 10.2. The van der Waals surface area contributed by atoms with Crippen LogP contribution in [0.25, 0.3) is 0 Å². The van der Waals surface area contributed by atoms with E-state index in [1.54, 1.807) is 33.4 Å². The van der Waals surface area contributed by atoms with Crippen LogP contribution in [-0.4, -0.2) is 62.8 Å². The monoisotopic (exact) mass is 397 g/mol. The minimum Gasteiger partial charge on any atom is -0.459 e. The fourth-order valence-electron chi connectivity index (χ4n) is 2.65. The maximum Gasteiger partial charge on any atom is 0.289 e. The number of hydrogen-bond acceptors (Lipinski definition) is 6. The molecule has 10 heteroatoms. The average Bonchev–Trinajstić information content (AvgIpc) is 3.34. The molecule has 2 amide bonds. The van der Waals surface area contributed by atoms with Crippen LogP contribution in [0.1, 0.15) is 17.0 Å². The number of carbonyl (C=O) groups excluding carboxylic acids is 2. The van der Waals surface area contributed by atoms with Crippen LogP contribution in [0.15, 0.2) is 44.5 Å². The standard InChI is InChI=1S/C16H19N3O5S2/c20-14(5-6-17-26(22,23)15-4-2-12-25-15)18-7-9-19(10-8-18)16(21)13-3-1-11-24-13/h1-4,11-12,17H,5-10H2. The van der Waals surface area contributed by atoms with Crippen molar-refractivity contribution in [2.24, 2.45) is 0 Å². The smallest absolute Gasteiger partial charge is 0.289 e. The van der Waals surface area contributed by atoms with Crippen molar-refractivity contribution in [3.63, 3.8) is 0 Å². The van der Waals surface area contributed by atoms with Gasteiger partial charge in [-0.1, -0.05) is 6.07 Å². The molecule has 0 aromatic carbocycles. The van der Waals surface area contributed by atoms with Crippen LogP contribution in [0.3, 0.4) is 0 Å². The van der Waals surface area contributed by atoms with Gasteiger partial charge in [0.2, 0.25) is 15.9 Å². The Morgan fingerprint density at radius 2 is 1.85 bits per heavy atom. The number of amides is 2. The van der Waals surface area contributed by atoms with Gasteiger partial charge in [0.25, 0.3) is 5.91 Å². The zero-order valence-corrected chi connectivity index (χ0v) is 15.6. The van der Waals surface area contributed by atoms with Crippen molar-refractivity contribution >= 4 is 33.2 Å². The quantitative estimate of drug-likeness (QED) is 0.784. The molecule has 0 atom stereocenters. The summed E-state index contributed by atoms with van der Waals surface area (Å²) in [7, 11) is -3.55. The fraction of sp³-hybridized carbons (Fsp3) is 0.375. The SMILES string of the molecule is O=C(CCNS(=O)(=O)c1cccs1)N1CCN(C(=O)c2ccco2)CC1. The largest absolute Gasteiger partial charge is 0.459 e. The second-order valence-electron chi connectivity index (χ2n) is 5.73. The van der Waals surface area contributed by atoms with Gasteiger partial charge in [0.15, 0.2) is 5.76 Å². The van der Waals surface area contributed by atoms with Gasteiger partial charge in [-0.05, 0) is 23.6 Å². The fourth-order valence-corrected chi connectivity index (χ4v) is 4.72. The summed E-state index contributed by atoms with van der Waals surface area (Å²) in [6.07, 6.45) is 1.53. The average molecular weight is 397 g/mol. The lowest BCUT2D eigenvalue weighted by molar-refractivity contribution is -0.132. The third-order valence-electron chi connectivity index (χ3n) is 4.04. The summed E-state index contributed by atoms with van der Waals surface area (Å²) in [5.74, 6) is -0.0393. The van der Waals surface area contributed by atoms with E-state index in [1.165, 1.54) is 12.3 Å². The van der Waals surface area contributed by atoms with E-state index in [2.05, 4.69) is 4.72 Å². The summed E-state index contributed by atoms with van der Waals surface area (Å²) in [5, 5.41) is 1.68. The Bertz CT molecular complexity index is 839. The Morgan fingerprint density at radius 3 is 2.46 bits per heavy atom. The first-order valence-corrected chi connectivity index (χ1v) is 10.5. The zero-order valence-electron chi connectivity index (χ0n) is 14.0. The van der Waals surface area contributed by atoms with E-state index in [-0.39, 0.29) is 34.7 Å². The molecule has 1 N–H and O–H groups in total. The summed E-state index contributed by atoms with van der Waals surface area (Å²) in [4.78, 5) is 27.7. The third kappa shape index (κ3) is 4.32. The van der Waals surface area contributed by atoms with E-state index in [9.17, 15) is 18.0 Å². The summed E-state index contributed by atoms with van der Waals surface area (Å²) in [6, 6.07) is 6.45. The highest BCUT2D eigenvalue weighted by atomic mass is 32.2. The van der Waals surface area contributed by atoms with Crippen molar-refractivity contribution in [3.05, 3.63) is 41.7 Å². The number of hydrogen-bond donors (Lipinski definition) is 1. The van der Waals surface area contributed by atoms with Gasteiger partial charge in [-0.3, -0.25) is 9.59 Å². The van der Waals surface area contributed by atoms with Crippen molar-refractivity contribution in [1.29, 1.82) is 0 Å². The minimum atomic E-state index is -3.55. The molecular formula is C16H19N3O5S2. The van der Waals surface area contributed by atoms with Crippen molar-refractivity contribution in [2.45, 2.75) is 10.6 Å². The first kappa shape index (κ1) is 18.6. The first-order chi connectivity index (χ1) is 12.5. The predicted octanol–water partition coefficient (Wildman–Crippen LogP) is 0.994. The number of thiophene rings is 1. The van der Waals surface area contributed by atoms with Crippen molar-refractivity contribution in [2.75, 3.05) is 32.7 Å². The Balaban J connectivity index is 1.43. The van der Waals surface area contributed by atoms with Crippen molar-refractivity contribution in [3.8, 4) is 0 Å². The highest BCUT2D eigenvalue weighted by Crippen LogP contribution is 2.15. The number of carbonyl (C=O) groups is 2. The molecule has 0 saturated carbocycles. The van der Waals surface area contributed by atoms with E-state index in [0.717, 1.165) is 11.3 Å². The number of rotatable bonds is 6. The van der Waals surface area contributed by atoms with Crippen LogP contribution >= 0.6 is 11.3 Å². The van der Waals surface area contributed by atoms with E-state index >= 15 is 0 Å². The van der Waals surface area contributed by atoms with Gasteiger partial charge < -0.3 is 14.2 Å². The van der Waals surface area contributed by atoms with Crippen LogP contribution in [0.4, 0.5) is 0 Å². The number of nitrogens with zero attached hydrogens (tertiary/aromatic N) is 2. The number of piperazine rings is 1. The van der Waals surface area contributed by atoms with Gasteiger partial charge in [-0.15, -0.1) is 11.3 Å². The van der Waals surface area contributed by atoms with Gasteiger partial charge in [-0.25, -0.2) is 13.1 Å². The Labute approximate surface area is 155 Å². The maximum absolute atomic E-state index is 12.2. The number of sulfonamides is 1. The molecule has 2 aromatic heterocycles. The Kier molecular flexibility index (Phi) is 5.74. The molecule has 8 nitrogen and oxygen atoms in total. The highest BCUT2D eigenvalue weighted by molar-refractivity contribution is 7.91. The highest BCUT2D eigenvalue weighted by Gasteiger charge is 2.26. The normalized spacial score (nSPS) is 15.2. The first-order valence-electron chi connectivity index (χ1n) is 8.11. The summed E-state index contributed by atoms with van der Waals surface area (Å²) in [6.45, 7) is 1.73. The maximum atomic E-state index is 12.2. The molecule has 1 aliphatic heterocycles. The van der Waals surface area contributed by atoms with E-state index in [0.29, 0.717) is 26.2 Å². The van der Waals surface area contributed by atoms with Crippen molar-refractivity contribution in [1.82, 2.24) is 14.5 Å². The molecule has 1 aliphatic rings. The summed E-state index contributed by atoms with van der Waals surface area (Å²) in [5.41, 5.74) is 0. The van der Waals surface area contributed by atoms with Crippen LogP contribution < -0.4 is 4.72 Å². The van der Waals surface area contributed by atoms with Crippen LogP contribution in [0, 0.1) is 0 Å². The molecule has 3 rings (SSSR count). The molecule has 0 aliphatic carbocycles. The van der Waals surface area contributed by atoms with E-state index in [1.807, 2.05) is 0 Å². The van der Waals surface area contributed by atoms with Gasteiger partial charge in [0.05, 0.1) is 6.26 Å². The molecule has 0 spiro atoms.